The minimum Gasteiger partial charge on any atom is -0.245 e. The maximum atomic E-state index is 12.8. The zero-order chi connectivity index (χ0) is 16.5. The molecule has 2 aliphatic rings. The first-order valence-corrected chi connectivity index (χ1v) is 7.18. The summed E-state index contributed by atoms with van der Waals surface area (Å²) in [6.07, 6.45) is -0.259. The largest absolute Gasteiger partial charge is 0.417 e. The molecule has 2 atom stereocenters. The van der Waals surface area contributed by atoms with Crippen molar-refractivity contribution in [3.8, 4) is 5.69 Å². The van der Waals surface area contributed by atoms with Gasteiger partial charge in [-0.3, -0.25) is 0 Å². The molecule has 2 aromatic rings. The van der Waals surface area contributed by atoms with E-state index in [1.54, 1.807) is 0 Å². The third kappa shape index (κ3) is 1.87. The third-order valence-corrected chi connectivity index (χ3v) is 4.50. The summed E-state index contributed by atoms with van der Waals surface area (Å²) in [5.74, 6) is 0. The van der Waals surface area contributed by atoms with Crippen LogP contribution in [0.4, 0.5) is 13.2 Å². The maximum Gasteiger partial charge on any atom is 0.417 e. The average molecular weight is 344 g/mol. The summed E-state index contributed by atoms with van der Waals surface area (Å²) >= 11 is 5.67. The molecule has 120 valence electrons. The number of fused-ring (bicyclic) bond motifs is 5. The standard InChI is InChI=1S/C14H9ClF3N3O2/c15-11-6-7(3-4-10(11)14(16,17)18)19-12(22)20-8-1-2-9(5-8)21(20)13(19)23/h1-4,6,8-9H,5H2. The Labute approximate surface area is 131 Å². The highest BCUT2D eigenvalue weighted by atomic mass is 35.5. The van der Waals surface area contributed by atoms with Crippen LogP contribution in [0, 0.1) is 0 Å². The fourth-order valence-electron chi connectivity index (χ4n) is 3.19. The first-order valence-electron chi connectivity index (χ1n) is 6.80. The lowest BCUT2D eigenvalue weighted by Crippen LogP contribution is -2.29. The van der Waals surface area contributed by atoms with Gasteiger partial charge in [-0.2, -0.15) is 13.2 Å². The van der Waals surface area contributed by atoms with Crippen LogP contribution in [-0.2, 0) is 6.18 Å². The van der Waals surface area contributed by atoms with E-state index < -0.39 is 28.1 Å². The van der Waals surface area contributed by atoms with Crippen molar-refractivity contribution in [1.82, 2.24) is 13.9 Å². The lowest BCUT2D eigenvalue weighted by atomic mass is 10.2. The van der Waals surface area contributed by atoms with E-state index in [4.69, 9.17) is 11.6 Å². The molecule has 2 unspecified atom stereocenters. The lowest BCUT2D eigenvalue weighted by Gasteiger charge is -2.10. The molecule has 2 heterocycles. The van der Waals surface area contributed by atoms with Crippen LogP contribution in [0.25, 0.3) is 5.69 Å². The van der Waals surface area contributed by atoms with Crippen molar-refractivity contribution >= 4 is 11.6 Å². The van der Waals surface area contributed by atoms with Crippen molar-refractivity contribution in [1.29, 1.82) is 0 Å². The van der Waals surface area contributed by atoms with E-state index >= 15 is 0 Å². The molecule has 9 heteroatoms. The van der Waals surface area contributed by atoms with Crippen molar-refractivity contribution in [2.75, 3.05) is 0 Å². The molecule has 2 bridgehead atoms. The number of allylic oxidation sites excluding steroid dienone is 2. The van der Waals surface area contributed by atoms with Gasteiger partial charge in [0.2, 0.25) is 0 Å². The van der Waals surface area contributed by atoms with Gasteiger partial charge in [0.15, 0.2) is 0 Å². The highest BCUT2D eigenvalue weighted by Gasteiger charge is 2.38. The summed E-state index contributed by atoms with van der Waals surface area (Å²) in [5, 5.41) is -0.557. The quantitative estimate of drug-likeness (QED) is 0.747. The van der Waals surface area contributed by atoms with Crippen molar-refractivity contribution in [2.24, 2.45) is 0 Å². The van der Waals surface area contributed by atoms with E-state index in [9.17, 15) is 22.8 Å². The lowest BCUT2D eigenvalue weighted by molar-refractivity contribution is -0.137. The van der Waals surface area contributed by atoms with E-state index in [1.807, 2.05) is 12.2 Å². The van der Waals surface area contributed by atoms with Gasteiger partial charge in [0.1, 0.15) is 0 Å². The highest BCUT2D eigenvalue weighted by Crippen LogP contribution is 2.37. The number of halogens is 4. The topological polar surface area (TPSA) is 48.9 Å². The molecular weight excluding hydrogens is 335 g/mol. The molecule has 0 fully saturated rings. The Hall–Kier alpha value is -2.22. The Bertz CT molecular complexity index is 924. The number of alkyl halides is 3. The van der Waals surface area contributed by atoms with Crippen LogP contribution in [0.5, 0.6) is 0 Å². The van der Waals surface area contributed by atoms with Gasteiger partial charge in [0, 0.05) is 0 Å². The molecule has 0 amide bonds. The van der Waals surface area contributed by atoms with Crippen LogP contribution in [-0.4, -0.2) is 13.9 Å². The Kier molecular flexibility index (Phi) is 2.76. The van der Waals surface area contributed by atoms with Gasteiger partial charge < -0.3 is 0 Å². The normalized spacial score (nSPS) is 21.9. The summed E-state index contributed by atoms with van der Waals surface area (Å²) in [6.45, 7) is 0. The summed E-state index contributed by atoms with van der Waals surface area (Å²) < 4.78 is 41.8. The second kappa shape index (κ2) is 4.41. The second-order valence-electron chi connectivity index (χ2n) is 5.51. The summed E-state index contributed by atoms with van der Waals surface area (Å²) in [4.78, 5) is 24.9. The van der Waals surface area contributed by atoms with Crippen molar-refractivity contribution in [3.05, 3.63) is 61.9 Å². The van der Waals surface area contributed by atoms with Crippen LogP contribution >= 0.6 is 11.6 Å². The van der Waals surface area contributed by atoms with Gasteiger partial charge in [0.05, 0.1) is 28.4 Å². The van der Waals surface area contributed by atoms with Crippen LogP contribution in [0.3, 0.4) is 0 Å². The van der Waals surface area contributed by atoms with Gasteiger partial charge >= 0.3 is 17.6 Å². The number of benzene rings is 1. The third-order valence-electron chi connectivity index (χ3n) is 4.19. The molecule has 4 rings (SSSR count). The van der Waals surface area contributed by atoms with E-state index in [1.165, 1.54) is 9.36 Å². The summed E-state index contributed by atoms with van der Waals surface area (Å²) in [6, 6.07) is 2.45. The smallest absolute Gasteiger partial charge is 0.245 e. The predicted molar refractivity (Wildman–Crippen MR) is 76.1 cm³/mol. The number of rotatable bonds is 1. The zero-order valence-electron chi connectivity index (χ0n) is 11.4. The fraction of sp³-hybridized carbons (Fsp3) is 0.286. The SMILES string of the molecule is O=c1n(-c2ccc(C(F)(F)F)c(Cl)c2)c(=O)n2n1C1C=CC2C1. The molecule has 1 aliphatic carbocycles. The maximum absolute atomic E-state index is 12.8. The van der Waals surface area contributed by atoms with Crippen LogP contribution in [0.2, 0.25) is 5.02 Å². The molecule has 23 heavy (non-hydrogen) atoms. The molecular formula is C14H9ClF3N3O2. The van der Waals surface area contributed by atoms with E-state index in [2.05, 4.69) is 0 Å². The van der Waals surface area contributed by atoms with Crippen LogP contribution in [0.15, 0.2) is 39.9 Å². The van der Waals surface area contributed by atoms with Crippen molar-refractivity contribution in [3.63, 3.8) is 0 Å². The molecule has 0 radical (unpaired) electrons. The van der Waals surface area contributed by atoms with Crippen molar-refractivity contribution < 1.29 is 13.2 Å². The minimum atomic E-state index is -4.60. The van der Waals surface area contributed by atoms with E-state index in [0.29, 0.717) is 6.42 Å². The van der Waals surface area contributed by atoms with Gasteiger partial charge in [-0.15, -0.1) is 0 Å². The van der Waals surface area contributed by atoms with E-state index in [0.717, 1.165) is 22.8 Å². The minimum absolute atomic E-state index is 0.0202. The molecule has 1 aromatic heterocycles. The molecule has 0 spiro atoms. The Balaban J connectivity index is 1.90. The first kappa shape index (κ1) is 14.4. The highest BCUT2D eigenvalue weighted by molar-refractivity contribution is 6.31. The Morgan fingerprint density at radius 2 is 1.61 bits per heavy atom. The fourth-order valence-corrected chi connectivity index (χ4v) is 3.47. The number of hydrogen-bond acceptors (Lipinski definition) is 2. The molecule has 1 aromatic carbocycles. The van der Waals surface area contributed by atoms with Gasteiger partial charge in [-0.05, 0) is 24.6 Å². The van der Waals surface area contributed by atoms with Gasteiger partial charge in [0.25, 0.3) is 0 Å². The molecule has 1 aliphatic heterocycles. The first-order chi connectivity index (χ1) is 10.8. The van der Waals surface area contributed by atoms with Crippen molar-refractivity contribution in [2.45, 2.75) is 24.7 Å². The van der Waals surface area contributed by atoms with Crippen LogP contribution in [0.1, 0.15) is 24.1 Å². The molecule has 0 N–H and O–H groups in total. The van der Waals surface area contributed by atoms with Crippen LogP contribution < -0.4 is 11.4 Å². The molecule has 0 saturated carbocycles. The predicted octanol–water partition coefficient (Wildman–Crippen LogP) is 2.53. The summed E-state index contributed by atoms with van der Waals surface area (Å²) in [7, 11) is 0. The number of aromatic nitrogens is 3. The average Bonchev–Trinajstić information content (AvgIpc) is 3.11. The van der Waals surface area contributed by atoms with E-state index in [-0.39, 0.29) is 17.8 Å². The summed E-state index contributed by atoms with van der Waals surface area (Å²) in [5.41, 5.74) is -2.15. The molecule has 5 nitrogen and oxygen atoms in total. The second-order valence-corrected chi connectivity index (χ2v) is 5.91. The zero-order valence-corrected chi connectivity index (χ0v) is 12.2. The Morgan fingerprint density at radius 3 is 2.09 bits per heavy atom. The molecule has 0 saturated heterocycles. The van der Waals surface area contributed by atoms with Gasteiger partial charge in [-0.1, -0.05) is 23.8 Å². The number of hydrogen-bond donors (Lipinski definition) is 0. The monoisotopic (exact) mass is 343 g/mol. The Morgan fingerprint density at radius 1 is 1.04 bits per heavy atom. The van der Waals surface area contributed by atoms with Gasteiger partial charge in [-0.25, -0.2) is 23.5 Å². The number of nitrogens with zero attached hydrogens (tertiary/aromatic N) is 3.